The van der Waals surface area contributed by atoms with E-state index in [1.54, 1.807) is 11.3 Å². The number of rotatable bonds is 7. The highest BCUT2D eigenvalue weighted by molar-refractivity contribution is 8.01. The number of nitrogens with zero attached hydrogens (tertiary/aromatic N) is 1. The fraction of sp³-hybridized carbons (Fsp3) is 0.600. The van der Waals surface area contributed by atoms with E-state index < -0.39 is 0 Å². The zero-order valence-corrected chi connectivity index (χ0v) is 17.0. The Bertz CT molecular complexity index is 791. The number of thiazole rings is 1. The molecule has 4 nitrogen and oxygen atoms in total. The molecule has 140 valence electrons. The monoisotopic (exact) mass is 390 g/mol. The first-order chi connectivity index (χ1) is 12.6. The summed E-state index contributed by atoms with van der Waals surface area (Å²) in [5.74, 6) is 3.87. The molecule has 1 aromatic carbocycles. The molecule has 1 amide bonds. The minimum atomic E-state index is 0.125. The van der Waals surface area contributed by atoms with Gasteiger partial charge in [0, 0.05) is 6.04 Å². The quantitative estimate of drug-likeness (QED) is 0.695. The van der Waals surface area contributed by atoms with Crippen LogP contribution in [0, 0.1) is 17.8 Å². The molecular formula is C20H26N2O2S2. The zero-order valence-electron chi connectivity index (χ0n) is 15.4. The van der Waals surface area contributed by atoms with Crippen molar-refractivity contribution in [1.29, 1.82) is 0 Å². The molecule has 2 aliphatic carbocycles. The Hall–Kier alpha value is -1.27. The van der Waals surface area contributed by atoms with Gasteiger partial charge in [-0.1, -0.05) is 18.2 Å². The molecular weight excluding hydrogens is 364 g/mol. The summed E-state index contributed by atoms with van der Waals surface area (Å²) in [6.45, 7) is 4.82. The lowest BCUT2D eigenvalue weighted by Crippen LogP contribution is -2.40. The molecule has 0 saturated heterocycles. The molecule has 2 fully saturated rings. The Morgan fingerprint density at radius 3 is 3.04 bits per heavy atom. The van der Waals surface area contributed by atoms with Gasteiger partial charge in [-0.3, -0.25) is 4.79 Å². The molecule has 2 saturated carbocycles. The first kappa shape index (κ1) is 18.1. The van der Waals surface area contributed by atoms with E-state index in [0.29, 0.717) is 24.3 Å². The molecule has 2 bridgehead atoms. The van der Waals surface area contributed by atoms with Gasteiger partial charge in [-0.05, 0) is 69.1 Å². The van der Waals surface area contributed by atoms with E-state index in [0.717, 1.165) is 32.1 Å². The number of thioether (sulfide) groups is 1. The van der Waals surface area contributed by atoms with Gasteiger partial charge in [0.2, 0.25) is 5.91 Å². The third kappa shape index (κ3) is 3.86. The molecule has 0 spiro atoms. The smallest absolute Gasteiger partial charge is 0.230 e. The minimum absolute atomic E-state index is 0.125. The van der Waals surface area contributed by atoms with E-state index >= 15 is 0 Å². The van der Waals surface area contributed by atoms with Crippen LogP contribution in [-0.2, 0) is 4.79 Å². The van der Waals surface area contributed by atoms with Gasteiger partial charge in [0.05, 0.1) is 22.6 Å². The fourth-order valence-electron chi connectivity index (χ4n) is 4.64. The SMILES string of the molecule is CCOc1ccc2nc(SCC(=O)N[C@H](C)[C@H]3C[C@H]4CC[C@H]3C4)sc2c1. The molecule has 1 aromatic heterocycles. The average molecular weight is 391 g/mol. The fourth-order valence-corrected chi connectivity index (χ4v) is 6.55. The highest BCUT2D eigenvalue weighted by atomic mass is 32.2. The summed E-state index contributed by atoms with van der Waals surface area (Å²) in [5.41, 5.74) is 0.969. The number of aromatic nitrogens is 1. The van der Waals surface area contributed by atoms with Crippen LogP contribution in [-0.4, -0.2) is 29.3 Å². The lowest BCUT2D eigenvalue weighted by molar-refractivity contribution is -0.119. The van der Waals surface area contributed by atoms with Crippen molar-refractivity contribution in [3.63, 3.8) is 0 Å². The lowest BCUT2D eigenvalue weighted by Gasteiger charge is -2.28. The van der Waals surface area contributed by atoms with E-state index in [9.17, 15) is 4.79 Å². The summed E-state index contributed by atoms with van der Waals surface area (Å²) in [6, 6.07) is 6.25. The number of benzene rings is 1. The van der Waals surface area contributed by atoms with Crippen molar-refractivity contribution < 1.29 is 9.53 Å². The van der Waals surface area contributed by atoms with Crippen molar-refractivity contribution in [2.75, 3.05) is 12.4 Å². The predicted molar refractivity (Wildman–Crippen MR) is 108 cm³/mol. The maximum Gasteiger partial charge on any atom is 0.230 e. The molecule has 6 heteroatoms. The van der Waals surface area contributed by atoms with Crippen LogP contribution >= 0.6 is 23.1 Å². The number of carbonyl (C=O) groups is 1. The minimum Gasteiger partial charge on any atom is -0.494 e. The molecule has 0 radical (unpaired) electrons. The molecule has 1 N–H and O–H groups in total. The van der Waals surface area contributed by atoms with Crippen LogP contribution in [0.5, 0.6) is 5.75 Å². The van der Waals surface area contributed by atoms with Crippen molar-refractivity contribution >= 4 is 39.2 Å². The number of amides is 1. The Morgan fingerprint density at radius 2 is 2.31 bits per heavy atom. The van der Waals surface area contributed by atoms with Gasteiger partial charge in [-0.15, -0.1) is 11.3 Å². The molecule has 26 heavy (non-hydrogen) atoms. The number of carbonyl (C=O) groups excluding carboxylic acids is 1. The normalized spacial score (nSPS) is 25.5. The number of nitrogens with one attached hydrogen (secondary N) is 1. The maximum atomic E-state index is 12.4. The topological polar surface area (TPSA) is 51.2 Å². The summed E-state index contributed by atoms with van der Waals surface area (Å²) >= 11 is 3.15. The van der Waals surface area contributed by atoms with E-state index in [2.05, 4.69) is 17.2 Å². The molecule has 4 atom stereocenters. The second kappa shape index (κ2) is 7.77. The van der Waals surface area contributed by atoms with Gasteiger partial charge in [0.15, 0.2) is 4.34 Å². The van der Waals surface area contributed by atoms with Gasteiger partial charge >= 0.3 is 0 Å². The highest BCUT2D eigenvalue weighted by Crippen LogP contribution is 2.49. The lowest BCUT2D eigenvalue weighted by atomic mass is 9.84. The number of hydrogen-bond acceptors (Lipinski definition) is 5. The van der Waals surface area contributed by atoms with Gasteiger partial charge < -0.3 is 10.1 Å². The van der Waals surface area contributed by atoms with Crippen molar-refractivity contribution in [2.24, 2.45) is 17.8 Å². The van der Waals surface area contributed by atoms with E-state index in [1.807, 2.05) is 25.1 Å². The van der Waals surface area contributed by atoms with Crippen LogP contribution in [0.2, 0.25) is 0 Å². The van der Waals surface area contributed by atoms with Crippen LogP contribution in [0.25, 0.3) is 10.2 Å². The average Bonchev–Trinajstić information content (AvgIpc) is 3.34. The first-order valence-electron chi connectivity index (χ1n) is 9.58. The van der Waals surface area contributed by atoms with Crippen molar-refractivity contribution in [3.05, 3.63) is 18.2 Å². The van der Waals surface area contributed by atoms with Crippen LogP contribution < -0.4 is 10.1 Å². The van der Waals surface area contributed by atoms with E-state index in [4.69, 9.17) is 4.74 Å². The van der Waals surface area contributed by atoms with Crippen molar-refractivity contribution in [1.82, 2.24) is 10.3 Å². The third-order valence-electron chi connectivity index (χ3n) is 5.80. The van der Waals surface area contributed by atoms with Gasteiger partial charge in [0.25, 0.3) is 0 Å². The van der Waals surface area contributed by atoms with Crippen LogP contribution in [0.3, 0.4) is 0 Å². The van der Waals surface area contributed by atoms with E-state index in [-0.39, 0.29) is 5.91 Å². The number of hydrogen-bond donors (Lipinski definition) is 1. The Labute approximate surface area is 163 Å². The maximum absolute atomic E-state index is 12.4. The summed E-state index contributed by atoms with van der Waals surface area (Å²) in [6.07, 6.45) is 5.45. The van der Waals surface area contributed by atoms with Gasteiger partial charge in [-0.25, -0.2) is 4.98 Å². The van der Waals surface area contributed by atoms with Crippen LogP contribution in [0.4, 0.5) is 0 Å². The predicted octanol–water partition coefficient (Wildman–Crippen LogP) is 4.73. The largest absolute Gasteiger partial charge is 0.494 e. The standard InChI is InChI=1S/C20H26N2O2S2/c1-3-24-15-6-7-17-18(10-15)26-20(22-17)25-11-19(23)21-12(2)16-9-13-4-5-14(16)8-13/h6-7,10,12-14,16H,3-5,8-9,11H2,1-2H3,(H,21,23)/t12-,13+,14+,16-/m1/s1. The third-order valence-corrected chi connectivity index (χ3v) is 7.96. The van der Waals surface area contributed by atoms with Crippen LogP contribution in [0.1, 0.15) is 39.5 Å². The Kier molecular flexibility index (Phi) is 5.41. The Morgan fingerprint density at radius 1 is 1.42 bits per heavy atom. The molecule has 2 aliphatic rings. The zero-order chi connectivity index (χ0) is 18.1. The molecule has 0 aliphatic heterocycles. The van der Waals surface area contributed by atoms with Gasteiger partial charge in [-0.2, -0.15) is 0 Å². The highest BCUT2D eigenvalue weighted by Gasteiger charge is 2.42. The number of fused-ring (bicyclic) bond motifs is 3. The second-order valence-corrected chi connectivity index (χ2v) is 9.78. The molecule has 0 unspecified atom stereocenters. The van der Waals surface area contributed by atoms with Crippen molar-refractivity contribution in [3.8, 4) is 5.75 Å². The summed E-state index contributed by atoms with van der Waals surface area (Å²) < 4.78 is 7.59. The first-order valence-corrected chi connectivity index (χ1v) is 11.4. The van der Waals surface area contributed by atoms with Gasteiger partial charge in [0.1, 0.15) is 5.75 Å². The summed E-state index contributed by atoms with van der Waals surface area (Å²) in [7, 11) is 0. The van der Waals surface area contributed by atoms with Crippen LogP contribution in [0.15, 0.2) is 22.5 Å². The molecule has 1 heterocycles. The second-order valence-electron chi connectivity index (χ2n) is 7.53. The van der Waals surface area contributed by atoms with Crippen molar-refractivity contribution in [2.45, 2.75) is 49.9 Å². The Balaban J connectivity index is 1.30. The number of ether oxygens (including phenoxy) is 1. The molecule has 2 aromatic rings. The molecule has 4 rings (SSSR count). The van der Waals surface area contributed by atoms with E-state index in [1.165, 1.54) is 37.4 Å². The summed E-state index contributed by atoms with van der Waals surface area (Å²) in [4.78, 5) is 17.0. The summed E-state index contributed by atoms with van der Waals surface area (Å²) in [5, 5.41) is 3.23.